The van der Waals surface area contributed by atoms with Crippen molar-refractivity contribution in [2.24, 2.45) is 11.3 Å². The summed E-state index contributed by atoms with van der Waals surface area (Å²) in [5, 5.41) is 0. The van der Waals surface area contributed by atoms with Crippen molar-refractivity contribution in [3.8, 4) is 11.5 Å². The Morgan fingerprint density at radius 1 is 1.27 bits per heavy atom. The van der Waals surface area contributed by atoms with Crippen LogP contribution in [-0.4, -0.2) is 33.2 Å². The van der Waals surface area contributed by atoms with Crippen molar-refractivity contribution >= 4 is 5.78 Å². The second kappa shape index (κ2) is 7.16. The van der Waals surface area contributed by atoms with E-state index < -0.39 is 6.10 Å². The molecular weight excluding hydrogens is 332 g/mol. The molecule has 0 N–H and O–H groups in total. The molecule has 0 saturated carbocycles. The maximum absolute atomic E-state index is 12.3. The number of hydrogen-bond acceptors (Lipinski definition) is 5. The van der Waals surface area contributed by atoms with Crippen LogP contribution in [-0.2, 0) is 14.3 Å². The van der Waals surface area contributed by atoms with Gasteiger partial charge in [-0.05, 0) is 30.5 Å². The third kappa shape index (κ3) is 2.80. The van der Waals surface area contributed by atoms with Crippen LogP contribution in [0.25, 0.3) is 0 Å². The maximum Gasteiger partial charge on any atom is 0.187 e. The first-order chi connectivity index (χ1) is 12.5. The molecule has 1 saturated heterocycles. The van der Waals surface area contributed by atoms with Crippen LogP contribution in [0.5, 0.6) is 11.5 Å². The Morgan fingerprint density at radius 3 is 2.62 bits per heavy atom. The summed E-state index contributed by atoms with van der Waals surface area (Å²) in [5.41, 5.74) is 0.712. The highest BCUT2D eigenvalue weighted by Crippen LogP contribution is 2.59. The van der Waals surface area contributed by atoms with Gasteiger partial charge in [0, 0.05) is 24.5 Å². The summed E-state index contributed by atoms with van der Waals surface area (Å²) in [4.78, 5) is 12.3. The predicted octanol–water partition coefficient (Wildman–Crippen LogP) is 3.85. The molecule has 0 radical (unpaired) electrons. The zero-order valence-electron chi connectivity index (χ0n) is 15.8. The van der Waals surface area contributed by atoms with Crippen LogP contribution in [0.4, 0.5) is 0 Å². The van der Waals surface area contributed by atoms with E-state index in [0.29, 0.717) is 17.9 Å². The normalized spacial score (nSPS) is 30.2. The summed E-state index contributed by atoms with van der Waals surface area (Å²) >= 11 is 0. The first kappa shape index (κ1) is 18.5. The van der Waals surface area contributed by atoms with Crippen molar-refractivity contribution in [1.29, 1.82) is 0 Å². The molecule has 1 aliphatic carbocycles. The van der Waals surface area contributed by atoms with E-state index in [1.807, 2.05) is 24.3 Å². The molecule has 1 aliphatic heterocycles. The lowest BCUT2D eigenvalue weighted by Gasteiger charge is -2.37. The number of fused-ring (bicyclic) bond motifs is 1. The molecule has 5 nitrogen and oxygen atoms in total. The van der Waals surface area contributed by atoms with E-state index in [2.05, 4.69) is 13.5 Å². The van der Waals surface area contributed by atoms with Gasteiger partial charge in [0.05, 0.1) is 14.2 Å². The molecule has 0 aromatic heterocycles. The largest absolute Gasteiger partial charge is 0.493 e. The van der Waals surface area contributed by atoms with Gasteiger partial charge in [0.15, 0.2) is 17.3 Å². The van der Waals surface area contributed by atoms with Crippen molar-refractivity contribution in [3.63, 3.8) is 0 Å². The molecule has 1 aromatic carbocycles. The first-order valence-electron chi connectivity index (χ1n) is 8.79. The quantitative estimate of drug-likeness (QED) is 0.723. The second-order valence-electron chi connectivity index (χ2n) is 6.93. The third-order valence-corrected chi connectivity index (χ3v) is 5.74. The van der Waals surface area contributed by atoms with E-state index >= 15 is 0 Å². The number of allylic oxidation sites excluding steroid dienone is 2. The summed E-state index contributed by atoms with van der Waals surface area (Å²) in [7, 11) is 4.81. The average Bonchev–Trinajstić information content (AvgIpc) is 2.93. The molecule has 1 fully saturated rings. The smallest absolute Gasteiger partial charge is 0.187 e. The van der Waals surface area contributed by atoms with Crippen LogP contribution < -0.4 is 9.47 Å². The number of benzene rings is 1. The van der Waals surface area contributed by atoms with E-state index in [9.17, 15) is 4.79 Å². The van der Waals surface area contributed by atoms with Crippen LogP contribution in [0.15, 0.2) is 42.7 Å². The van der Waals surface area contributed by atoms with Gasteiger partial charge in [0.25, 0.3) is 0 Å². The fourth-order valence-electron chi connectivity index (χ4n) is 4.20. The number of rotatable bonds is 6. The van der Waals surface area contributed by atoms with E-state index in [1.54, 1.807) is 27.4 Å². The number of carbonyl (C=O) groups excluding carboxylic acids is 1. The Labute approximate surface area is 154 Å². The lowest BCUT2D eigenvalue weighted by Crippen LogP contribution is -2.39. The van der Waals surface area contributed by atoms with Crippen LogP contribution in [0.2, 0.25) is 0 Å². The van der Waals surface area contributed by atoms with E-state index in [-0.39, 0.29) is 23.2 Å². The lowest BCUT2D eigenvalue weighted by molar-refractivity contribution is -0.127. The summed E-state index contributed by atoms with van der Waals surface area (Å²) < 4.78 is 22.5. The zero-order valence-corrected chi connectivity index (χ0v) is 15.8. The molecule has 3 rings (SSSR count). The van der Waals surface area contributed by atoms with Gasteiger partial charge in [-0.15, -0.1) is 6.58 Å². The van der Waals surface area contributed by atoms with E-state index in [1.165, 1.54) is 0 Å². The highest BCUT2D eigenvalue weighted by atomic mass is 16.5. The van der Waals surface area contributed by atoms with Crippen molar-refractivity contribution in [1.82, 2.24) is 0 Å². The Bertz CT molecular complexity index is 738. The molecule has 1 heterocycles. The Morgan fingerprint density at radius 2 is 2.00 bits per heavy atom. The van der Waals surface area contributed by atoms with Crippen molar-refractivity contribution in [3.05, 3.63) is 48.3 Å². The zero-order chi connectivity index (χ0) is 18.9. The Kier molecular flexibility index (Phi) is 5.10. The minimum atomic E-state index is -0.436. The van der Waals surface area contributed by atoms with Crippen LogP contribution in [0, 0.1) is 11.3 Å². The van der Waals surface area contributed by atoms with E-state index in [0.717, 1.165) is 17.7 Å². The fourth-order valence-corrected chi connectivity index (χ4v) is 4.20. The molecule has 140 valence electrons. The van der Waals surface area contributed by atoms with Crippen LogP contribution in [0.1, 0.15) is 31.4 Å². The van der Waals surface area contributed by atoms with Crippen molar-refractivity contribution in [2.45, 2.75) is 32.0 Å². The molecule has 26 heavy (non-hydrogen) atoms. The van der Waals surface area contributed by atoms with Crippen molar-refractivity contribution in [2.75, 3.05) is 21.3 Å². The molecule has 0 spiro atoms. The first-order valence-corrected chi connectivity index (χ1v) is 8.79. The second-order valence-corrected chi connectivity index (χ2v) is 6.93. The number of methoxy groups -OCH3 is 3. The van der Waals surface area contributed by atoms with Crippen LogP contribution >= 0.6 is 0 Å². The summed E-state index contributed by atoms with van der Waals surface area (Å²) in [5.74, 6) is 2.18. The average molecular weight is 358 g/mol. The number of ketones is 1. The van der Waals surface area contributed by atoms with E-state index in [4.69, 9.17) is 18.9 Å². The summed E-state index contributed by atoms with van der Waals surface area (Å²) in [6.45, 7) is 6.08. The van der Waals surface area contributed by atoms with Crippen LogP contribution in [0.3, 0.4) is 0 Å². The van der Waals surface area contributed by atoms with Gasteiger partial charge in [-0.1, -0.05) is 19.1 Å². The summed E-state index contributed by atoms with van der Waals surface area (Å²) in [6.07, 6.45) is 4.23. The minimum Gasteiger partial charge on any atom is -0.493 e. The molecule has 0 unspecified atom stereocenters. The number of carbonyl (C=O) groups is 1. The Balaban J connectivity index is 2.02. The highest BCUT2D eigenvalue weighted by Gasteiger charge is 2.55. The van der Waals surface area contributed by atoms with Gasteiger partial charge >= 0.3 is 0 Å². The molecule has 2 aliphatic rings. The SMILES string of the molecule is C=CC[C@@]12C[C@H](OC)C(=O)C=C1O[C@@H](c1ccc(OC)c(OC)c1)[C@@H]2C. The van der Waals surface area contributed by atoms with Crippen molar-refractivity contribution < 1.29 is 23.7 Å². The van der Waals surface area contributed by atoms with Gasteiger partial charge < -0.3 is 18.9 Å². The molecule has 4 atom stereocenters. The lowest BCUT2D eigenvalue weighted by atomic mass is 9.65. The van der Waals surface area contributed by atoms with Gasteiger partial charge in [0.2, 0.25) is 0 Å². The van der Waals surface area contributed by atoms with Gasteiger partial charge in [0.1, 0.15) is 18.0 Å². The predicted molar refractivity (Wildman–Crippen MR) is 98.3 cm³/mol. The monoisotopic (exact) mass is 358 g/mol. The maximum atomic E-state index is 12.3. The van der Waals surface area contributed by atoms with Gasteiger partial charge in [-0.3, -0.25) is 4.79 Å². The van der Waals surface area contributed by atoms with Gasteiger partial charge in [-0.2, -0.15) is 0 Å². The molecule has 0 bridgehead atoms. The standard InChI is InChI=1S/C21H26O5/c1-6-9-21-12-18(25-5)15(22)11-19(21)26-20(13(21)2)14-7-8-16(23-3)17(10-14)24-4/h6-8,10-11,13,18,20H,1,9,12H2,2-5H3/t13-,18-,20+,21-/m0/s1. The minimum absolute atomic E-state index is 0.0395. The Hall–Kier alpha value is -2.27. The molecule has 5 heteroatoms. The topological polar surface area (TPSA) is 54.0 Å². The fraction of sp³-hybridized carbons (Fsp3) is 0.476. The number of hydrogen-bond donors (Lipinski definition) is 0. The van der Waals surface area contributed by atoms with Gasteiger partial charge in [-0.25, -0.2) is 0 Å². The third-order valence-electron chi connectivity index (χ3n) is 5.74. The number of ether oxygens (including phenoxy) is 4. The molecular formula is C21H26O5. The highest BCUT2D eigenvalue weighted by molar-refractivity contribution is 5.95. The molecule has 1 aromatic rings. The summed E-state index contributed by atoms with van der Waals surface area (Å²) in [6, 6.07) is 5.80. The molecule has 0 amide bonds.